The van der Waals surface area contributed by atoms with E-state index < -0.39 is 0 Å². The molecule has 1 atom stereocenters. The van der Waals surface area contributed by atoms with Gasteiger partial charge < -0.3 is 4.90 Å². The summed E-state index contributed by atoms with van der Waals surface area (Å²) in [6.07, 6.45) is 41.4. The van der Waals surface area contributed by atoms with Crippen molar-refractivity contribution in [3.8, 4) is 0 Å². The average Bonchev–Trinajstić information content (AvgIpc) is 2.81. The molecule has 0 aliphatic heterocycles. The number of nitrogens with zero attached hydrogens (tertiary/aromatic N) is 1. The predicted molar refractivity (Wildman–Crippen MR) is 153 cm³/mol. The van der Waals surface area contributed by atoms with Gasteiger partial charge in [0.05, 0.1) is 0 Å². The van der Waals surface area contributed by atoms with E-state index in [0.29, 0.717) is 0 Å². The van der Waals surface area contributed by atoms with Crippen LogP contribution < -0.4 is 0 Å². The largest absolute Gasteiger partial charge is 0.306 e. The normalized spacial score (nSPS) is 13.1. The van der Waals surface area contributed by atoms with Crippen molar-refractivity contribution in [1.29, 1.82) is 0 Å². The fraction of sp³-hybridized carbons (Fsp3) is 0.875. The number of rotatable bonds is 26. The van der Waals surface area contributed by atoms with Crippen molar-refractivity contribution in [2.75, 3.05) is 14.1 Å². The van der Waals surface area contributed by atoms with Gasteiger partial charge in [-0.15, -0.1) is 0 Å². The Balaban J connectivity index is 3.40. The van der Waals surface area contributed by atoms with E-state index in [-0.39, 0.29) is 0 Å². The smallest absolute Gasteiger partial charge is 0.00891 e. The highest BCUT2D eigenvalue weighted by Gasteiger charge is 2.10. The molecule has 0 aromatic heterocycles. The summed E-state index contributed by atoms with van der Waals surface area (Å²) in [5, 5.41) is 0. The second-order valence-electron chi connectivity index (χ2n) is 10.6. The van der Waals surface area contributed by atoms with E-state index in [4.69, 9.17) is 0 Å². The first kappa shape index (κ1) is 32.4. The van der Waals surface area contributed by atoms with Crippen molar-refractivity contribution in [3.63, 3.8) is 0 Å². The summed E-state index contributed by atoms with van der Waals surface area (Å²) in [6.45, 7) is 4.57. The molecule has 33 heavy (non-hydrogen) atoms. The Morgan fingerprint density at radius 1 is 0.455 bits per heavy atom. The lowest BCUT2D eigenvalue weighted by Gasteiger charge is -2.24. The third kappa shape index (κ3) is 25.9. The van der Waals surface area contributed by atoms with E-state index >= 15 is 0 Å². The lowest BCUT2D eigenvalue weighted by Crippen LogP contribution is -2.27. The molecule has 0 fully saturated rings. The molecular formula is C32H63N. The van der Waals surface area contributed by atoms with E-state index in [1.54, 1.807) is 0 Å². The Bertz CT molecular complexity index is 409. The van der Waals surface area contributed by atoms with E-state index in [2.05, 4.69) is 57.1 Å². The monoisotopic (exact) mass is 461 g/mol. The van der Waals surface area contributed by atoms with Crippen molar-refractivity contribution >= 4 is 0 Å². The van der Waals surface area contributed by atoms with Crippen molar-refractivity contribution in [2.24, 2.45) is 0 Å². The van der Waals surface area contributed by atoms with Crippen LogP contribution in [0.4, 0.5) is 0 Å². The first-order valence-corrected chi connectivity index (χ1v) is 15.2. The van der Waals surface area contributed by atoms with Crippen LogP contribution >= 0.6 is 0 Å². The van der Waals surface area contributed by atoms with Gasteiger partial charge in [0.15, 0.2) is 0 Å². The highest BCUT2D eigenvalue weighted by molar-refractivity contribution is 4.92. The summed E-state index contributed by atoms with van der Waals surface area (Å²) < 4.78 is 0. The SMILES string of the molecule is CCCCC/C=C/C/C=C/CCCCCCCCCCCC(CCCCCCCC)N(C)C. The molecule has 1 nitrogen and oxygen atoms in total. The molecule has 0 bridgehead atoms. The molecule has 0 heterocycles. The van der Waals surface area contributed by atoms with Crippen molar-refractivity contribution in [2.45, 2.75) is 168 Å². The topological polar surface area (TPSA) is 3.24 Å². The Labute approximate surface area is 210 Å². The van der Waals surface area contributed by atoms with Crippen LogP contribution in [0.2, 0.25) is 0 Å². The quantitative estimate of drug-likeness (QED) is 0.0914. The zero-order valence-electron chi connectivity index (χ0n) is 23.6. The van der Waals surface area contributed by atoms with Crippen LogP contribution in [0.15, 0.2) is 24.3 Å². The summed E-state index contributed by atoms with van der Waals surface area (Å²) in [5.41, 5.74) is 0. The Morgan fingerprint density at radius 2 is 0.818 bits per heavy atom. The van der Waals surface area contributed by atoms with Gasteiger partial charge in [0.1, 0.15) is 0 Å². The molecule has 0 radical (unpaired) electrons. The zero-order chi connectivity index (χ0) is 24.2. The minimum Gasteiger partial charge on any atom is -0.306 e. The number of allylic oxidation sites excluding steroid dienone is 4. The van der Waals surface area contributed by atoms with Gasteiger partial charge in [0.2, 0.25) is 0 Å². The van der Waals surface area contributed by atoms with Gasteiger partial charge in [0, 0.05) is 6.04 Å². The van der Waals surface area contributed by atoms with Gasteiger partial charge in [-0.05, 0) is 59.0 Å². The third-order valence-electron chi connectivity index (χ3n) is 7.11. The van der Waals surface area contributed by atoms with Crippen LogP contribution in [0.3, 0.4) is 0 Å². The average molecular weight is 462 g/mol. The molecular weight excluding hydrogens is 398 g/mol. The molecule has 0 aliphatic rings. The van der Waals surface area contributed by atoms with Crippen LogP contribution in [0.5, 0.6) is 0 Å². The fourth-order valence-electron chi connectivity index (χ4n) is 4.72. The summed E-state index contributed by atoms with van der Waals surface area (Å²) in [6, 6.07) is 0.812. The highest BCUT2D eigenvalue weighted by Crippen LogP contribution is 2.17. The maximum Gasteiger partial charge on any atom is 0.00891 e. The summed E-state index contributed by atoms with van der Waals surface area (Å²) >= 11 is 0. The van der Waals surface area contributed by atoms with E-state index in [1.165, 1.54) is 141 Å². The van der Waals surface area contributed by atoms with Gasteiger partial charge in [0.25, 0.3) is 0 Å². The van der Waals surface area contributed by atoms with Crippen LogP contribution in [0, 0.1) is 0 Å². The van der Waals surface area contributed by atoms with E-state index in [9.17, 15) is 0 Å². The third-order valence-corrected chi connectivity index (χ3v) is 7.11. The van der Waals surface area contributed by atoms with Gasteiger partial charge in [-0.1, -0.05) is 141 Å². The molecule has 0 saturated heterocycles. The van der Waals surface area contributed by atoms with Crippen LogP contribution in [0.1, 0.15) is 162 Å². The molecule has 0 rings (SSSR count). The van der Waals surface area contributed by atoms with Gasteiger partial charge in [-0.2, -0.15) is 0 Å². The molecule has 0 aromatic carbocycles. The zero-order valence-corrected chi connectivity index (χ0v) is 23.6. The van der Waals surface area contributed by atoms with Crippen LogP contribution in [-0.4, -0.2) is 25.0 Å². The summed E-state index contributed by atoms with van der Waals surface area (Å²) in [5.74, 6) is 0. The maximum atomic E-state index is 2.48. The molecule has 1 heteroatoms. The van der Waals surface area contributed by atoms with Crippen molar-refractivity contribution in [3.05, 3.63) is 24.3 Å². The van der Waals surface area contributed by atoms with Gasteiger partial charge in [-0.3, -0.25) is 0 Å². The summed E-state index contributed by atoms with van der Waals surface area (Å²) in [7, 11) is 4.56. The Hall–Kier alpha value is -0.560. The van der Waals surface area contributed by atoms with Crippen molar-refractivity contribution < 1.29 is 0 Å². The minimum atomic E-state index is 0.812. The van der Waals surface area contributed by atoms with Crippen LogP contribution in [-0.2, 0) is 0 Å². The molecule has 0 N–H and O–H groups in total. The molecule has 0 amide bonds. The first-order chi connectivity index (χ1) is 16.2. The Morgan fingerprint density at radius 3 is 1.27 bits per heavy atom. The van der Waals surface area contributed by atoms with Crippen LogP contribution in [0.25, 0.3) is 0 Å². The lowest BCUT2D eigenvalue weighted by molar-refractivity contribution is 0.251. The van der Waals surface area contributed by atoms with Gasteiger partial charge in [-0.25, -0.2) is 0 Å². The highest BCUT2D eigenvalue weighted by atomic mass is 15.1. The first-order valence-electron chi connectivity index (χ1n) is 15.2. The number of unbranched alkanes of at least 4 members (excludes halogenated alkanes) is 17. The van der Waals surface area contributed by atoms with Gasteiger partial charge >= 0.3 is 0 Å². The molecule has 0 aromatic rings. The fourth-order valence-corrected chi connectivity index (χ4v) is 4.72. The number of hydrogen-bond acceptors (Lipinski definition) is 1. The van der Waals surface area contributed by atoms with E-state index in [0.717, 1.165) is 12.5 Å². The van der Waals surface area contributed by atoms with E-state index in [1.807, 2.05) is 0 Å². The minimum absolute atomic E-state index is 0.812. The molecule has 0 saturated carbocycles. The Kier molecular flexibility index (Phi) is 27.2. The second kappa shape index (κ2) is 27.7. The summed E-state index contributed by atoms with van der Waals surface area (Å²) in [4.78, 5) is 2.48. The maximum absolute atomic E-state index is 2.48. The predicted octanol–water partition coefficient (Wildman–Crippen LogP) is 11.0. The molecule has 0 spiro atoms. The molecule has 1 unspecified atom stereocenters. The molecule has 196 valence electrons. The number of hydrogen-bond donors (Lipinski definition) is 0. The lowest BCUT2D eigenvalue weighted by atomic mass is 9.99. The molecule has 0 aliphatic carbocycles. The van der Waals surface area contributed by atoms with Crippen molar-refractivity contribution in [1.82, 2.24) is 4.90 Å². The standard InChI is InChI=1S/C32H63N/c1-5-7-9-11-13-14-15-16-17-18-19-20-21-22-23-24-25-27-29-31-32(33(3)4)30-28-26-12-10-8-6-2/h13-14,16-17,32H,5-12,15,18-31H2,1-4H3/b14-13+,17-16+. The second-order valence-corrected chi connectivity index (χ2v) is 10.6.